The first-order chi connectivity index (χ1) is 18.2. The van der Waals surface area contributed by atoms with Crippen molar-refractivity contribution in [1.29, 1.82) is 0 Å². The zero-order valence-electron chi connectivity index (χ0n) is 19.8. The maximum absolute atomic E-state index is 13.2. The maximum Gasteiger partial charge on any atom is 0.257 e. The number of nitrogens with one attached hydrogen (secondary N) is 1. The van der Waals surface area contributed by atoms with Gasteiger partial charge in [-0.3, -0.25) is 19.6 Å². The van der Waals surface area contributed by atoms with Crippen molar-refractivity contribution in [3.63, 3.8) is 0 Å². The van der Waals surface area contributed by atoms with E-state index in [1.165, 1.54) is 12.4 Å². The minimum Gasteiger partial charge on any atom is -0.334 e. The van der Waals surface area contributed by atoms with Crippen LogP contribution in [0.5, 0.6) is 0 Å². The third-order valence-corrected chi connectivity index (χ3v) is 6.44. The van der Waals surface area contributed by atoms with Gasteiger partial charge >= 0.3 is 0 Å². The standard InChI is InChI=1S/C29H22N6O2/c36-28(34-22-14-19-6-1-2-9-25(19)31-17-22)24-8-5-7-20-18-35(13-11-23(20)24)29(37)21-15-32-27(33-16-21)26-10-3-4-12-30-26/h1-10,12,14-17H,11,13,18H2,(H,34,36). The monoisotopic (exact) mass is 486 g/mol. The van der Waals surface area contributed by atoms with E-state index in [1.54, 1.807) is 17.3 Å². The summed E-state index contributed by atoms with van der Waals surface area (Å²) in [6.45, 7) is 0.907. The molecule has 8 nitrogen and oxygen atoms in total. The average Bonchev–Trinajstić information content (AvgIpc) is 2.96. The Bertz CT molecular complexity index is 1620. The fourth-order valence-electron chi connectivity index (χ4n) is 4.58. The van der Waals surface area contributed by atoms with Gasteiger partial charge in [0.2, 0.25) is 0 Å². The van der Waals surface area contributed by atoms with Gasteiger partial charge in [-0.25, -0.2) is 9.97 Å². The second kappa shape index (κ2) is 9.58. The Morgan fingerprint density at radius 1 is 0.838 bits per heavy atom. The quantitative estimate of drug-likeness (QED) is 0.400. The molecule has 180 valence electrons. The lowest BCUT2D eigenvalue weighted by atomic mass is 9.93. The first-order valence-corrected chi connectivity index (χ1v) is 12.0. The molecule has 6 rings (SSSR count). The van der Waals surface area contributed by atoms with E-state index in [-0.39, 0.29) is 11.8 Å². The Hall–Kier alpha value is -4.98. The number of hydrogen-bond donors (Lipinski definition) is 1. The van der Waals surface area contributed by atoms with E-state index in [0.29, 0.717) is 47.8 Å². The van der Waals surface area contributed by atoms with Crippen LogP contribution < -0.4 is 5.32 Å². The van der Waals surface area contributed by atoms with E-state index < -0.39 is 0 Å². The van der Waals surface area contributed by atoms with E-state index in [2.05, 4.69) is 25.3 Å². The van der Waals surface area contributed by atoms with E-state index in [1.807, 2.05) is 66.7 Å². The predicted molar refractivity (Wildman–Crippen MR) is 140 cm³/mol. The van der Waals surface area contributed by atoms with Gasteiger partial charge in [-0.2, -0.15) is 0 Å². The molecule has 5 aromatic rings. The van der Waals surface area contributed by atoms with Crippen molar-refractivity contribution in [2.75, 3.05) is 11.9 Å². The van der Waals surface area contributed by atoms with Crippen molar-refractivity contribution in [3.8, 4) is 11.5 Å². The molecular formula is C29H22N6O2. The number of carbonyl (C=O) groups is 2. The van der Waals surface area contributed by atoms with Crippen LogP contribution in [-0.2, 0) is 13.0 Å². The second-order valence-corrected chi connectivity index (χ2v) is 8.80. The molecule has 0 aliphatic carbocycles. The second-order valence-electron chi connectivity index (χ2n) is 8.80. The highest BCUT2D eigenvalue weighted by molar-refractivity contribution is 6.06. The number of pyridine rings is 2. The Morgan fingerprint density at radius 2 is 1.68 bits per heavy atom. The zero-order chi connectivity index (χ0) is 25.2. The van der Waals surface area contributed by atoms with Crippen molar-refractivity contribution in [2.45, 2.75) is 13.0 Å². The van der Waals surface area contributed by atoms with Gasteiger partial charge in [0.15, 0.2) is 5.82 Å². The van der Waals surface area contributed by atoms with Crippen LogP contribution in [0.3, 0.4) is 0 Å². The van der Waals surface area contributed by atoms with Gasteiger partial charge in [0.05, 0.1) is 23.0 Å². The Morgan fingerprint density at radius 3 is 2.51 bits per heavy atom. The molecule has 4 heterocycles. The molecule has 0 spiro atoms. The van der Waals surface area contributed by atoms with Crippen molar-refractivity contribution >= 4 is 28.4 Å². The number of amides is 2. The molecule has 2 aromatic carbocycles. The Kier molecular flexibility index (Phi) is 5.82. The molecule has 0 atom stereocenters. The molecule has 8 heteroatoms. The normalized spacial score (nSPS) is 12.7. The average molecular weight is 487 g/mol. The van der Waals surface area contributed by atoms with Gasteiger partial charge in [-0.05, 0) is 47.9 Å². The van der Waals surface area contributed by atoms with Crippen LogP contribution in [0.25, 0.3) is 22.4 Å². The van der Waals surface area contributed by atoms with Gasteiger partial charge in [0.1, 0.15) is 5.69 Å². The van der Waals surface area contributed by atoms with Crippen molar-refractivity contribution in [1.82, 2.24) is 24.8 Å². The first kappa shape index (κ1) is 22.5. The lowest BCUT2D eigenvalue weighted by molar-refractivity contribution is 0.0733. The number of carbonyl (C=O) groups excluding carboxylic acids is 2. The molecule has 1 aliphatic rings. The Labute approximate surface area is 213 Å². The third-order valence-electron chi connectivity index (χ3n) is 6.44. The summed E-state index contributed by atoms with van der Waals surface area (Å²) in [5.41, 5.74) is 5.11. The van der Waals surface area contributed by atoms with Gasteiger partial charge in [0.25, 0.3) is 11.8 Å². The summed E-state index contributed by atoms with van der Waals surface area (Å²) < 4.78 is 0. The lowest BCUT2D eigenvalue weighted by Gasteiger charge is -2.30. The van der Waals surface area contributed by atoms with Crippen LogP contribution in [0.2, 0.25) is 0 Å². The van der Waals surface area contributed by atoms with Crippen LogP contribution in [0, 0.1) is 0 Å². The Balaban J connectivity index is 1.18. The van der Waals surface area contributed by atoms with Crippen molar-refractivity contribution < 1.29 is 9.59 Å². The smallest absolute Gasteiger partial charge is 0.257 e. The number of para-hydroxylation sites is 1. The molecule has 0 fully saturated rings. The van der Waals surface area contributed by atoms with Gasteiger partial charge in [-0.1, -0.05) is 36.4 Å². The summed E-state index contributed by atoms with van der Waals surface area (Å²) >= 11 is 0. The number of anilines is 1. The molecule has 0 saturated heterocycles. The molecule has 37 heavy (non-hydrogen) atoms. The zero-order valence-corrected chi connectivity index (χ0v) is 19.8. The summed E-state index contributed by atoms with van der Waals surface area (Å²) in [5, 5.41) is 3.94. The number of aromatic nitrogens is 4. The first-order valence-electron chi connectivity index (χ1n) is 12.0. The molecular weight excluding hydrogens is 464 g/mol. The SMILES string of the molecule is O=C(Nc1cnc2ccccc2c1)c1cccc2c1CCN(C(=O)c1cnc(-c3ccccn3)nc1)C2. The minimum atomic E-state index is -0.188. The van der Waals surface area contributed by atoms with Crippen molar-refractivity contribution in [2.24, 2.45) is 0 Å². The summed E-state index contributed by atoms with van der Waals surface area (Å²) in [5.74, 6) is 0.140. The summed E-state index contributed by atoms with van der Waals surface area (Å²) in [4.78, 5) is 45.4. The van der Waals surface area contributed by atoms with E-state index in [9.17, 15) is 9.59 Å². The fraction of sp³-hybridized carbons (Fsp3) is 0.103. The largest absolute Gasteiger partial charge is 0.334 e. The number of hydrogen-bond acceptors (Lipinski definition) is 6. The summed E-state index contributed by atoms with van der Waals surface area (Å²) in [6, 6.07) is 20.8. The third kappa shape index (κ3) is 4.52. The highest BCUT2D eigenvalue weighted by Crippen LogP contribution is 2.25. The summed E-state index contributed by atoms with van der Waals surface area (Å²) in [6.07, 6.45) is 6.99. The number of fused-ring (bicyclic) bond motifs is 2. The molecule has 0 saturated carbocycles. The lowest BCUT2D eigenvalue weighted by Crippen LogP contribution is -2.37. The molecule has 0 radical (unpaired) electrons. The molecule has 0 unspecified atom stereocenters. The van der Waals surface area contributed by atoms with Crippen LogP contribution in [0.15, 0.2) is 91.5 Å². The molecule has 3 aromatic heterocycles. The number of rotatable bonds is 4. The molecule has 2 amide bonds. The van der Waals surface area contributed by atoms with Gasteiger partial charge in [0, 0.05) is 42.6 Å². The van der Waals surface area contributed by atoms with Crippen LogP contribution in [-0.4, -0.2) is 43.2 Å². The van der Waals surface area contributed by atoms with Crippen LogP contribution >= 0.6 is 0 Å². The fourth-order valence-corrected chi connectivity index (χ4v) is 4.58. The number of nitrogens with zero attached hydrogens (tertiary/aromatic N) is 5. The van der Waals surface area contributed by atoms with E-state index in [4.69, 9.17) is 0 Å². The molecule has 0 bridgehead atoms. The van der Waals surface area contributed by atoms with Crippen molar-refractivity contribution in [3.05, 3.63) is 114 Å². The van der Waals surface area contributed by atoms with Crippen LogP contribution in [0.1, 0.15) is 31.8 Å². The minimum absolute atomic E-state index is 0.143. The molecule has 1 aliphatic heterocycles. The van der Waals surface area contributed by atoms with Gasteiger partial charge in [-0.15, -0.1) is 0 Å². The molecule has 1 N–H and O–H groups in total. The topological polar surface area (TPSA) is 101 Å². The van der Waals surface area contributed by atoms with Crippen LogP contribution in [0.4, 0.5) is 5.69 Å². The highest BCUT2D eigenvalue weighted by Gasteiger charge is 2.25. The maximum atomic E-state index is 13.2. The number of benzene rings is 2. The highest BCUT2D eigenvalue weighted by atomic mass is 16.2. The van der Waals surface area contributed by atoms with Gasteiger partial charge < -0.3 is 10.2 Å². The van der Waals surface area contributed by atoms with E-state index in [0.717, 1.165) is 22.0 Å². The summed E-state index contributed by atoms with van der Waals surface area (Å²) in [7, 11) is 0. The predicted octanol–water partition coefficient (Wildman–Crippen LogP) is 4.54. The van der Waals surface area contributed by atoms with E-state index >= 15 is 0 Å².